The number of rotatable bonds is 1. The molecular weight excluding hydrogens is 252 g/mol. The van der Waals surface area contributed by atoms with Crippen molar-refractivity contribution in [2.24, 2.45) is 11.8 Å². The summed E-state index contributed by atoms with van der Waals surface area (Å²) in [5, 5.41) is 0. The van der Waals surface area contributed by atoms with E-state index in [1.165, 1.54) is 37.7 Å². The van der Waals surface area contributed by atoms with Gasteiger partial charge in [-0.25, -0.2) is 0 Å². The molecule has 3 rings (SSSR count). The van der Waals surface area contributed by atoms with Gasteiger partial charge in [0.1, 0.15) is 0 Å². The van der Waals surface area contributed by atoms with Gasteiger partial charge in [-0.1, -0.05) is 72.6 Å². The fourth-order valence-corrected chi connectivity index (χ4v) is 4.79. The van der Waals surface area contributed by atoms with Crippen molar-refractivity contribution in [2.45, 2.75) is 85.0 Å². The molecule has 0 radical (unpaired) electrons. The van der Waals surface area contributed by atoms with E-state index >= 15 is 0 Å². The zero-order valence-corrected chi connectivity index (χ0v) is 15.0. The summed E-state index contributed by atoms with van der Waals surface area (Å²) in [6.07, 6.45) is 6.97. The first-order chi connectivity index (χ1) is 10.0. The van der Waals surface area contributed by atoms with Crippen LogP contribution in [0.15, 0.2) is 18.2 Å². The minimum atomic E-state index is 0.459. The van der Waals surface area contributed by atoms with Crippen LogP contribution < -0.4 is 0 Å². The molecule has 0 saturated heterocycles. The van der Waals surface area contributed by atoms with E-state index in [4.69, 9.17) is 0 Å². The highest BCUT2D eigenvalue weighted by molar-refractivity contribution is 5.41. The average molecular weight is 287 g/mol. The smallest absolute Gasteiger partial charge is 0.00417 e. The van der Waals surface area contributed by atoms with Crippen LogP contribution >= 0.6 is 0 Å². The summed E-state index contributed by atoms with van der Waals surface area (Å²) in [4.78, 5) is 0. The fraction of sp³-hybridized carbons (Fsp3) is 0.714. The van der Waals surface area contributed by atoms with Gasteiger partial charge in [-0.05, 0) is 59.1 Å². The molecule has 1 saturated carbocycles. The van der Waals surface area contributed by atoms with Crippen molar-refractivity contribution < 1.29 is 0 Å². The molecule has 1 aromatic carbocycles. The van der Waals surface area contributed by atoms with Gasteiger partial charge in [0.2, 0.25) is 0 Å². The van der Waals surface area contributed by atoms with Crippen LogP contribution in [0.25, 0.3) is 0 Å². The van der Waals surface area contributed by atoms with Crippen LogP contribution in [0, 0.1) is 11.8 Å². The zero-order chi connectivity index (χ0) is 15.6. The molecule has 3 atom stereocenters. The molecule has 0 aliphatic heterocycles. The van der Waals surface area contributed by atoms with E-state index in [1.807, 2.05) is 13.8 Å². The standard InChI is InChI=1S/C19H28.C2H6/c1-13(2)15-7-10-18-16(12-15)8-9-17-14(3)6-5-11-19(17,18)4;1-2/h7,10,12-14,17H,5-6,8-9,11H2,1-4H3;1-2H3/t14-,17?,19?;/m0./s1. The first-order valence-electron chi connectivity index (χ1n) is 9.15. The third kappa shape index (κ3) is 2.91. The lowest BCUT2D eigenvalue weighted by Gasteiger charge is -2.49. The van der Waals surface area contributed by atoms with E-state index in [0.717, 1.165) is 11.8 Å². The van der Waals surface area contributed by atoms with Gasteiger partial charge in [-0.3, -0.25) is 0 Å². The van der Waals surface area contributed by atoms with Gasteiger partial charge in [-0.2, -0.15) is 0 Å². The highest BCUT2D eigenvalue weighted by atomic mass is 14.5. The summed E-state index contributed by atoms with van der Waals surface area (Å²) in [6, 6.07) is 7.35. The maximum atomic E-state index is 2.54. The van der Waals surface area contributed by atoms with Gasteiger partial charge in [0.15, 0.2) is 0 Å². The number of aryl methyl sites for hydroxylation is 1. The topological polar surface area (TPSA) is 0 Å². The quantitative estimate of drug-likeness (QED) is 0.554. The zero-order valence-electron chi connectivity index (χ0n) is 15.0. The SMILES string of the molecule is CC.CC(C)c1ccc2c(c1)CCC1[C@@H](C)CCCC21C. The largest absolute Gasteiger partial charge is 0.0683 e. The first-order valence-corrected chi connectivity index (χ1v) is 9.15. The van der Waals surface area contributed by atoms with Crippen LogP contribution in [0.3, 0.4) is 0 Å². The summed E-state index contributed by atoms with van der Waals surface area (Å²) in [5.74, 6) is 2.48. The molecule has 1 aromatic rings. The fourth-order valence-electron chi connectivity index (χ4n) is 4.79. The summed E-state index contributed by atoms with van der Waals surface area (Å²) < 4.78 is 0. The predicted octanol–water partition coefficient (Wildman–Crippen LogP) is 6.48. The average Bonchev–Trinajstić information content (AvgIpc) is 2.48. The molecule has 0 bridgehead atoms. The van der Waals surface area contributed by atoms with Gasteiger partial charge < -0.3 is 0 Å². The Hall–Kier alpha value is -0.780. The van der Waals surface area contributed by atoms with Crippen LogP contribution in [0.2, 0.25) is 0 Å². The molecule has 0 amide bonds. The van der Waals surface area contributed by atoms with Gasteiger partial charge >= 0.3 is 0 Å². The maximum absolute atomic E-state index is 2.54. The molecule has 2 unspecified atom stereocenters. The number of fused-ring (bicyclic) bond motifs is 3. The van der Waals surface area contributed by atoms with E-state index in [0.29, 0.717) is 11.3 Å². The Balaban J connectivity index is 0.000000774. The third-order valence-electron chi connectivity index (χ3n) is 6.00. The van der Waals surface area contributed by atoms with Crippen molar-refractivity contribution in [1.82, 2.24) is 0 Å². The monoisotopic (exact) mass is 286 g/mol. The summed E-state index contributed by atoms with van der Waals surface area (Å²) >= 11 is 0. The summed E-state index contributed by atoms with van der Waals surface area (Å²) in [6.45, 7) is 13.6. The van der Waals surface area contributed by atoms with Gasteiger partial charge in [0.25, 0.3) is 0 Å². The molecule has 21 heavy (non-hydrogen) atoms. The Morgan fingerprint density at radius 1 is 1.14 bits per heavy atom. The summed E-state index contributed by atoms with van der Waals surface area (Å²) in [5.41, 5.74) is 5.31. The molecular formula is C21H34. The van der Waals surface area contributed by atoms with Crippen molar-refractivity contribution in [3.63, 3.8) is 0 Å². The third-order valence-corrected chi connectivity index (χ3v) is 6.00. The molecule has 118 valence electrons. The van der Waals surface area contributed by atoms with Gasteiger partial charge in [0, 0.05) is 0 Å². The summed E-state index contributed by atoms with van der Waals surface area (Å²) in [7, 11) is 0. The van der Waals surface area contributed by atoms with E-state index in [1.54, 1.807) is 11.1 Å². The second-order valence-electron chi connectivity index (χ2n) is 7.50. The molecule has 0 heterocycles. The molecule has 2 aliphatic rings. The Bertz CT molecular complexity index is 471. The van der Waals surface area contributed by atoms with Gasteiger partial charge in [0.05, 0.1) is 0 Å². The van der Waals surface area contributed by atoms with Crippen LogP contribution in [-0.2, 0) is 11.8 Å². The van der Waals surface area contributed by atoms with Crippen molar-refractivity contribution in [3.05, 3.63) is 34.9 Å². The van der Waals surface area contributed by atoms with E-state index < -0.39 is 0 Å². The van der Waals surface area contributed by atoms with Crippen LogP contribution in [0.1, 0.15) is 89.8 Å². The Labute approximate surface area is 132 Å². The highest BCUT2D eigenvalue weighted by Crippen LogP contribution is 2.52. The van der Waals surface area contributed by atoms with E-state index in [2.05, 4.69) is 45.9 Å². The highest BCUT2D eigenvalue weighted by Gasteiger charge is 2.44. The first kappa shape index (κ1) is 16.6. The molecule has 1 fully saturated rings. The van der Waals surface area contributed by atoms with Crippen molar-refractivity contribution in [2.75, 3.05) is 0 Å². The lowest BCUT2D eigenvalue weighted by atomic mass is 9.55. The van der Waals surface area contributed by atoms with Crippen molar-refractivity contribution >= 4 is 0 Å². The minimum Gasteiger partial charge on any atom is -0.0683 e. The van der Waals surface area contributed by atoms with E-state index in [-0.39, 0.29) is 0 Å². The second kappa shape index (κ2) is 6.55. The predicted molar refractivity (Wildman–Crippen MR) is 94.1 cm³/mol. The molecule has 0 spiro atoms. The molecule has 0 aromatic heterocycles. The normalized spacial score (nSPS) is 31.0. The number of hydrogen-bond acceptors (Lipinski definition) is 0. The lowest BCUT2D eigenvalue weighted by Crippen LogP contribution is -2.43. The molecule has 0 N–H and O–H groups in total. The number of hydrogen-bond donors (Lipinski definition) is 0. The van der Waals surface area contributed by atoms with Crippen LogP contribution in [0.4, 0.5) is 0 Å². The van der Waals surface area contributed by atoms with Crippen LogP contribution in [-0.4, -0.2) is 0 Å². The van der Waals surface area contributed by atoms with Crippen molar-refractivity contribution in [1.29, 1.82) is 0 Å². The Morgan fingerprint density at radius 2 is 1.86 bits per heavy atom. The molecule has 0 nitrogen and oxygen atoms in total. The maximum Gasteiger partial charge on any atom is -0.00417 e. The van der Waals surface area contributed by atoms with Crippen molar-refractivity contribution in [3.8, 4) is 0 Å². The molecule has 2 aliphatic carbocycles. The second-order valence-corrected chi connectivity index (χ2v) is 7.50. The van der Waals surface area contributed by atoms with Gasteiger partial charge in [-0.15, -0.1) is 0 Å². The van der Waals surface area contributed by atoms with E-state index in [9.17, 15) is 0 Å². The van der Waals surface area contributed by atoms with Crippen LogP contribution in [0.5, 0.6) is 0 Å². The molecule has 0 heteroatoms. The minimum absolute atomic E-state index is 0.459. The Morgan fingerprint density at radius 3 is 2.52 bits per heavy atom. The number of benzene rings is 1. The Kier molecular flexibility index (Phi) is 5.17. The lowest BCUT2D eigenvalue weighted by molar-refractivity contribution is 0.118.